The Kier molecular flexibility index (Phi) is 10.4. The Morgan fingerprint density at radius 3 is 2.40 bits per heavy atom. The summed E-state index contributed by atoms with van der Waals surface area (Å²) >= 11 is 0. The van der Waals surface area contributed by atoms with E-state index in [0.717, 1.165) is 43.9 Å². The number of carbonyl (C=O) groups is 2. The zero-order valence-corrected chi connectivity index (χ0v) is 24.2. The Balaban J connectivity index is 1.52. The Morgan fingerprint density at radius 1 is 1.02 bits per heavy atom. The SMILES string of the molecule is C=CCN1C[C@H](C)N([C@@H](c2cccc(O)c2)c2cccc(C(=O)N3CCN(CCC(=O)OCC)CC3)c2)C[C@H]1C. The van der Waals surface area contributed by atoms with E-state index in [2.05, 4.69) is 47.3 Å². The number of hydrogen-bond donors (Lipinski definition) is 1. The summed E-state index contributed by atoms with van der Waals surface area (Å²) in [5.41, 5.74) is 2.73. The molecule has 0 spiro atoms. The third-order valence-corrected chi connectivity index (χ3v) is 8.09. The maximum Gasteiger partial charge on any atom is 0.307 e. The molecule has 0 bridgehead atoms. The Labute approximate surface area is 238 Å². The molecule has 0 aliphatic carbocycles. The first kappa shape index (κ1) is 29.8. The van der Waals surface area contributed by atoms with Crippen molar-refractivity contribution in [3.63, 3.8) is 0 Å². The molecule has 4 rings (SSSR count). The summed E-state index contributed by atoms with van der Waals surface area (Å²) in [5, 5.41) is 10.3. The van der Waals surface area contributed by atoms with Crippen LogP contribution in [0.25, 0.3) is 0 Å². The summed E-state index contributed by atoms with van der Waals surface area (Å²) in [7, 11) is 0. The number of benzene rings is 2. The maximum atomic E-state index is 13.6. The van der Waals surface area contributed by atoms with Crippen LogP contribution in [0.2, 0.25) is 0 Å². The molecule has 1 amide bonds. The highest BCUT2D eigenvalue weighted by atomic mass is 16.5. The van der Waals surface area contributed by atoms with E-state index in [0.29, 0.717) is 44.3 Å². The molecule has 2 aliphatic heterocycles. The van der Waals surface area contributed by atoms with E-state index >= 15 is 0 Å². The summed E-state index contributed by atoms with van der Waals surface area (Å²) in [6.45, 7) is 16.6. The number of nitrogens with zero attached hydrogens (tertiary/aromatic N) is 4. The molecule has 2 fully saturated rings. The third-order valence-electron chi connectivity index (χ3n) is 8.09. The summed E-state index contributed by atoms with van der Waals surface area (Å²) in [5.74, 6) is 0.0882. The highest BCUT2D eigenvalue weighted by Crippen LogP contribution is 2.35. The van der Waals surface area contributed by atoms with Gasteiger partial charge in [0.25, 0.3) is 5.91 Å². The predicted molar refractivity (Wildman–Crippen MR) is 157 cm³/mol. The minimum absolute atomic E-state index is 0.0266. The van der Waals surface area contributed by atoms with Crippen LogP contribution in [-0.4, -0.2) is 108 Å². The zero-order chi connectivity index (χ0) is 28.6. The number of aromatic hydroxyl groups is 1. The molecule has 40 heavy (non-hydrogen) atoms. The minimum atomic E-state index is -0.176. The fraction of sp³-hybridized carbons (Fsp3) is 0.500. The number of carbonyl (C=O) groups excluding carboxylic acids is 2. The number of esters is 1. The van der Waals surface area contributed by atoms with Gasteiger partial charge in [-0.1, -0.05) is 30.3 Å². The van der Waals surface area contributed by atoms with E-state index in [1.165, 1.54) is 0 Å². The molecule has 8 nitrogen and oxygen atoms in total. The lowest BCUT2D eigenvalue weighted by molar-refractivity contribution is -0.143. The standard InChI is InChI=1S/C32H44N4O4/c1-5-14-35-22-25(4)36(23-24(35)3)31(27-10-8-12-29(37)21-27)26-9-7-11-28(20-26)32(39)34-18-16-33(17-19-34)15-13-30(38)40-6-2/h5,7-12,20-21,24-25,31,37H,1,6,13-19,22-23H2,2-4H3/t24-,25+,31-/m1/s1. The highest BCUT2D eigenvalue weighted by Gasteiger charge is 2.35. The lowest BCUT2D eigenvalue weighted by atomic mass is 9.92. The van der Waals surface area contributed by atoms with Gasteiger partial charge in [-0.15, -0.1) is 6.58 Å². The molecule has 2 heterocycles. The van der Waals surface area contributed by atoms with Crippen molar-refractivity contribution in [1.82, 2.24) is 19.6 Å². The van der Waals surface area contributed by atoms with Crippen LogP contribution in [0.15, 0.2) is 61.2 Å². The average molecular weight is 549 g/mol. The van der Waals surface area contributed by atoms with Gasteiger partial charge in [0, 0.05) is 70.0 Å². The third kappa shape index (κ3) is 7.30. The molecule has 0 aromatic heterocycles. The maximum absolute atomic E-state index is 13.6. The van der Waals surface area contributed by atoms with E-state index in [1.807, 2.05) is 48.2 Å². The first-order valence-electron chi connectivity index (χ1n) is 14.5. The van der Waals surface area contributed by atoms with E-state index in [-0.39, 0.29) is 29.7 Å². The normalized spacial score (nSPS) is 21.6. The number of ether oxygens (including phenoxy) is 1. The second-order valence-corrected chi connectivity index (χ2v) is 10.9. The van der Waals surface area contributed by atoms with Crippen molar-refractivity contribution in [2.45, 2.75) is 45.3 Å². The second kappa shape index (κ2) is 13.9. The van der Waals surface area contributed by atoms with Gasteiger partial charge in [-0.25, -0.2) is 0 Å². The van der Waals surface area contributed by atoms with Gasteiger partial charge in [0.1, 0.15) is 5.75 Å². The van der Waals surface area contributed by atoms with Crippen molar-refractivity contribution in [1.29, 1.82) is 0 Å². The van der Waals surface area contributed by atoms with Crippen LogP contribution in [-0.2, 0) is 9.53 Å². The number of phenols is 1. The van der Waals surface area contributed by atoms with Gasteiger partial charge >= 0.3 is 5.97 Å². The van der Waals surface area contributed by atoms with Crippen molar-refractivity contribution >= 4 is 11.9 Å². The van der Waals surface area contributed by atoms with Crippen molar-refractivity contribution in [2.75, 3.05) is 59.0 Å². The molecular weight excluding hydrogens is 504 g/mol. The molecular formula is C32H44N4O4. The molecule has 216 valence electrons. The average Bonchev–Trinajstić information content (AvgIpc) is 2.95. The Hall–Kier alpha value is -3.20. The van der Waals surface area contributed by atoms with Gasteiger partial charge in [0.05, 0.1) is 19.1 Å². The molecule has 2 aromatic rings. The summed E-state index contributed by atoms with van der Waals surface area (Å²) < 4.78 is 5.04. The Bertz CT molecular complexity index is 1160. The lowest BCUT2D eigenvalue weighted by Crippen LogP contribution is -2.57. The first-order chi connectivity index (χ1) is 19.3. The molecule has 0 unspecified atom stereocenters. The van der Waals surface area contributed by atoms with Gasteiger partial charge in [-0.05, 0) is 56.2 Å². The predicted octanol–water partition coefficient (Wildman–Crippen LogP) is 3.77. The van der Waals surface area contributed by atoms with Crippen molar-refractivity contribution in [2.24, 2.45) is 0 Å². The molecule has 2 aliphatic rings. The van der Waals surface area contributed by atoms with Gasteiger partial charge in [0.2, 0.25) is 0 Å². The van der Waals surface area contributed by atoms with E-state index in [1.54, 1.807) is 6.07 Å². The van der Waals surface area contributed by atoms with Crippen LogP contribution in [0.1, 0.15) is 54.7 Å². The number of hydrogen-bond acceptors (Lipinski definition) is 7. The molecule has 1 N–H and O–H groups in total. The lowest BCUT2D eigenvalue weighted by Gasteiger charge is -2.47. The minimum Gasteiger partial charge on any atom is -0.508 e. The Morgan fingerprint density at radius 2 is 1.73 bits per heavy atom. The van der Waals surface area contributed by atoms with Gasteiger partial charge in [-0.3, -0.25) is 24.3 Å². The molecule has 2 aromatic carbocycles. The topological polar surface area (TPSA) is 76.6 Å². The number of phenolic OH excluding ortho intramolecular Hbond substituents is 1. The summed E-state index contributed by atoms with van der Waals surface area (Å²) in [4.78, 5) is 34.4. The monoisotopic (exact) mass is 548 g/mol. The van der Waals surface area contributed by atoms with Crippen LogP contribution in [0.5, 0.6) is 5.75 Å². The van der Waals surface area contributed by atoms with E-state index in [4.69, 9.17) is 4.74 Å². The van der Waals surface area contributed by atoms with Crippen LogP contribution in [0, 0.1) is 0 Å². The molecule has 8 heteroatoms. The van der Waals surface area contributed by atoms with E-state index in [9.17, 15) is 14.7 Å². The van der Waals surface area contributed by atoms with Gasteiger partial charge < -0.3 is 14.7 Å². The quantitative estimate of drug-likeness (QED) is 0.358. The summed E-state index contributed by atoms with van der Waals surface area (Å²) in [6, 6.07) is 16.0. The number of rotatable bonds is 10. The summed E-state index contributed by atoms with van der Waals surface area (Å²) in [6.07, 6.45) is 2.33. The molecule has 0 saturated carbocycles. The fourth-order valence-electron chi connectivity index (χ4n) is 5.96. The number of amides is 1. The van der Waals surface area contributed by atoms with Crippen molar-refractivity contribution < 1.29 is 19.4 Å². The largest absolute Gasteiger partial charge is 0.508 e. The van der Waals surface area contributed by atoms with Crippen molar-refractivity contribution in [3.8, 4) is 5.75 Å². The second-order valence-electron chi connectivity index (χ2n) is 10.9. The molecule has 3 atom stereocenters. The highest BCUT2D eigenvalue weighted by molar-refractivity contribution is 5.94. The van der Waals surface area contributed by atoms with Crippen LogP contribution < -0.4 is 0 Å². The first-order valence-corrected chi connectivity index (χ1v) is 14.5. The van der Waals surface area contributed by atoms with Crippen LogP contribution in [0.3, 0.4) is 0 Å². The number of piperazine rings is 2. The van der Waals surface area contributed by atoms with Gasteiger partial charge in [0.15, 0.2) is 0 Å². The zero-order valence-electron chi connectivity index (χ0n) is 24.2. The molecule has 0 radical (unpaired) electrons. The fourth-order valence-corrected chi connectivity index (χ4v) is 5.96. The molecule has 2 saturated heterocycles. The smallest absolute Gasteiger partial charge is 0.307 e. The van der Waals surface area contributed by atoms with E-state index < -0.39 is 0 Å². The van der Waals surface area contributed by atoms with Crippen LogP contribution >= 0.6 is 0 Å². The van der Waals surface area contributed by atoms with Crippen LogP contribution in [0.4, 0.5) is 0 Å². The van der Waals surface area contributed by atoms with Gasteiger partial charge in [-0.2, -0.15) is 0 Å². The van der Waals surface area contributed by atoms with Crippen molar-refractivity contribution in [3.05, 3.63) is 77.9 Å².